The highest BCUT2D eigenvalue weighted by Gasteiger charge is 2.34. The highest BCUT2D eigenvalue weighted by Crippen LogP contribution is 2.35. The summed E-state index contributed by atoms with van der Waals surface area (Å²) >= 11 is 1.37. The third kappa shape index (κ3) is 4.35. The van der Waals surface area contributed by atoms with Gasteiger partial charge in [0.05, 0.1) is 0 Å². The first-order valence-corrected chi connectivity index (χ1v) is 10.3. The molecule has 2 amide bonds. The first-order valence-electron chi connectivity index (χ1n) is 9.44. The molecular formula is C20H26N4O2S. The Morgan fingerprint density at radius 1 is 1.22 bits per heavy atom. The zero-order valence-electron chi connectivity index (χ0n) is 16.3. The largest absolute Gasteiger partial charge is 0.312 e. The van der Waals surface area contributed by atoms with Gasteiger partial charge in [-0.25, -0.2) is 0 Å². The van der Waals surface area contributed by atoms with Gasteiger partial charge in [0.15, 0.2) is 0 Å². The summed E-state index contributed by atoms with van der Waals surface area (Å²) in [5, 5.41) is 12.5. The second-order valence-electron chi connectivity index (χ2n) is 7.20. The lowest BCUT2D eigenvalue weighted by atomic mass is 10.0. The van der Waals surface area contributed by atoms with Crippen LogP contribution in [0, 0.1) is 19.8 Å². The molecule has 1 atom stereocenters. The van der Waals surface area contributed by atoms with E-state index in [-0.39, 0.29) is 23.7 Å². The Kier molecular flexibility index (Phi) is 5.89. The average Bonchev–Trinajstić information content (AvgIpc) is 3.21. The van der Waals surface area contributed by atoms with E-state index in [4.69, 9.17) is 0 Å². The fourth-order valence-electron chi connectivity index (χ4n) is 3.55. The minimum Gasteiger partial charge on any atom is -0.312 e. The second kappa shape index (κ2) is 8.17. The normalized spacial score (nSPS) is 17.0. The Balaban J connectivity index is 1.71. The summed E-state index contributed by atoms with van der Waals surface area (Å²) in [6.07, 6.45) is 2.02. The van der Waals surface area contributed by atoms with Crippen LogP contribution in [0.25, 0.3) is 0 Å². The maximum atomic E-state index is 12.5. The van der Waals surface area contributed by atoms with Crippen LogP contribution in [0.2, 0.25) is 0 Å². The van der Waals surface area contributed by atoms with Crippen LogP contribution >= 0.6 is 11.3 Å². The van der Waals surface area contributed by atoms with Crippen molar-refractivity contribution >= 4 is 34.0 Å². The molecule has 1 aromatic heterocycles. The zero-order valence-corrected chi connectivity index (χ0v) is 17.1. The Bertz CT molecular complexity index is 824. The first kappa shape index (κ1) is 19.5. The van der Waals surface area contributed by atoms with Crippen molar-refractivity contribution in [1.82, 2.24) is 10.2 Å². The maximum Gasteiger partial charge on any atom is 0.229 e. The van der Waals surface area contributed by atoms with Gasteiger partial charge < -0.3 is 10.2 Å². The zero-order chi connectivity index (χ0) is 19.6. The third-order valence-electron chi connectivity index (χ3n) is 5.02. The number of hydrogen-bond acceptors (Lipinski definition) is 5. The van der Waals surface area contributed by atoms with E-state index < -0.39 is 0 Å². The summed E-state index contributed by atoms with van der Waals surface area (Å²) in [7, 11) is 0. The van der Waals surface area contributed by atoms with E-state index in [1.807, 2.05) is 44.7 Å². The Hall–Kier alpha value is -2.28. The standard InChI is InChI=1S/C20H26N4O2S/c1-5-14(6-2)18(26)21-20-23-22-19(27-20)15-10-17(25)24(11-15)16-8-12(3)7-13(4)9-16/h7-9,14-15H,5-6,10-11H2,1-4H3,(H,21,23,26)/t15-/m1/s1. The van der Waals surface area contributed by atoms with Crippen molar-refractivity contribution in [3.8, 4) is 0 Å². The van der Waals surface area contributed by atoms with Crippen molar-refractivity contribution in [2.75, 3.05) is 16.8 Å². The van der Waals surface area contributed by atoms with Crippen molar-refractivity contribution in [2.24, 2.45) is 5.92 Å². The van der Waals surface area contributed by atoms with Crippen molar-refractivity contribution in [1.29, 1.82) is 0 Å². The van der Waals surface area contributed by atoms with Gasteiger partial charge in [-0.1, -0.05) is 31.3 Å². The van der Waals surface area contributed by atoms with Crippen molar-refractivity contribution in [3.63, 3.8) is 0 Å². The summed E-state index contributed by atoms with van der Waals surface area (Å²) in [5.74, 6) is 0.0879. The SMILES string of the molecule is CCC(CC)C(=O)Nc1nnc([C@@H]2CC(=O)N(c3cc(C)cc(C)c3)C2)s1. The van der Waals surface area contributed by atoms with Gasteiger partial charge in [-0.05, 0) is 49.9 Å². The Morgan fingerprint density at radius 2 is 1.89 bits per heavy atom. The molecule has 7 heteroatoms. The number of nitrogens with zero attached hydrogens (tertiary/aromatic N) is 3. The number of anilines is 2. The number of aromatic nitrogens is 2. The van der Waals surface area contributed by atoms with Gasteiger partial charge in [0.25, 0.3) is 0 Å². The average molecular weight is 387 g/mol. The van der Waals surface area contributed by atoms with Crippen LogP contribution < -0.4 is 10.2 Å². The van der Waals surface area contributed by atoms with Crippen LogP contribution in [0.3, 0.4) is 0 Å². The molecule has 1 N–H and O–H groups in total. The maximum absolute atomic E-state index is 12.5. The number of carbonyl (C=O) groups excluding carboxylic acids is 2. The summed E-state index contributed by atoms with van der Waals surface area (Å²) in [5.41, 5.74) is 3.22. The van der Waals surface area contributed by atoms with Gasteiger partial charge in [-0.15, -0.1) is 10.2 Å². The molecule has 0 aliphatic carbocycles. The molecule has 1 aliphatic rings. The predicted molar refractivity (Wildman–Crippen MR) is 108 cm³/mol. The Morgan fingerprint density at radius 3 is 2.52 bits per heavy atom. The molecule has 0 spiro atoms. The molecule has 1 aromatic carbocycles. The highest BCUT2D eigenvalue weighted by molar-refractivity contribution is 7.15. The quantitative estimate of drug-likeness (QED) is 0.813. The summed E-state index contributed by atoms with van der Waals surface area (Å²) in [6, 6.07) is 6.17. The van der Waals surface area contributed by atoms with E-state index in [1.165, 1.54) is 11.3 Å². The smallest absolute Gasteiger partial charge is 0.229 e. The number of benzene rings is 1. The van der Waals surface area contributed by atoms with Crippen molar-refractivity contribution < 1.29 is 9.59 Å². The molecular weight excluding hydrogens is 360 g/mol. The minimum absolute atomic E-state index is 0.00883. The summed E-state index contributed by atoms with van der Waals surface area (Å²) in [6.45, 7) is 8.68. The first-order chi connectivity index (χ1) is 12.9. The molecule has 1 aliphatic heterocycles. The van der Waals surface area contributed by atoms with Crippen LogP contribution in [0.4, 0.5) is 10.8 Å². The lowest BCUT2D eigenvalue weighted by Crippen LogP contribution is -2.24. The summed E-state index contributed by atoms with van der Waals surface area (Å²) < 4.78 is 0. The molecule has 1 fully saturated rings. The molecule has 0 radical (unpaired) electrons. The molecule has 27 heavy (non-hydrogen) atoms. The lowest BCUT2D eigenvalue weighted by molar-refractivity contribution is -0.120. The molecule has 3 rings (SSSR count). The number of hydrogen-bond donors (Lipinski definition) is 1. The molecule has 0 saturated carbocycles. The minimum atomic E-state index is -0.0120. The lowest BCUT2D eigenvalue weighted by Gasteiger charge is -2.17. The molecule has 2 heterocycles. The number of carbonyl (C=O) groups is 2. The van der Waals surface area contributed by atoms with Crippen LogP contribution in [0.1, 0.15) is 55.2 Å². The van der Waals surface area contributed by atoms with Crippen molar-refractivity contribution in [3.05, 3.63) is 34.3 Å². The van der Waals surface area contributed by atoms with Gasteiger partial charge in [0, 0.05) is 30.5 Å². The number of amides is 2. The van der Waals surface area contributed by atoms with Gasteiger partial charge >= 0.3 is 0 Å². The van der Waals surface area contributed by atoms with E-state index in [2.05, 4.69) is 21.6 Å². The molecule has 1 saturated heterocycles. The van der Waals surface area contributed by atoms with Gasteiger partial charge in [0.1, 0.15) is 5.01 Å². The number of aryl methyl sites for hydroxylation is 2. The highest BCUT2D eigenvalue weighted by atomic mass is 32.1. The van der Waals surface area contributed by atoms with E-state index in [9.17, 15) is 9.59 Å². The van der Waals surface area contributed by atoms with Gasteiger partial charge in [0.2, 0.25) is 16.9 Å². The third-order valence-corrected chi connectivity index (χ3v) is 6.02. The monoisotopic (exact) mass is 386 g/mol. The molecule has 0 bridgehead atoms. The van der Waals surface area contributed by atoms with E-state index >= 15 is 0 Å². The van der Waals surface area contributed by atoms with Gasteiger partial charge in [-0.2, -0.15) is 0 Å². The van der Waals surface area contributed by atoms with Crippen LogP contribution in [-0.2, 0) is 9.59 Å². The number of nitrogens with one attached hydrogen (secondary N) is 1. The van der Waals surface area contributed by atoms with E-state index in [0.717, 1.165) is 34.7 Å². The van der Waals surface area contributed by atoms with E-state index in [0.29, 0.717) is 18.1 Å². The molecule has 2 aromatic rings. The topological polar surface area (TPSA) is 75.2 Å². The van der Waals surface area contributed by atoms with Crippen LogP contribution in [0.15, 0.2) is 18.2 Å². The Labute approximate surface area is 164 Å². The fourth-order valence-corrected chi connectivity index (χ4v) is 4.38. The van der Waals surface area contributed by atoms with Crippen LogP contribution in [-0.4, -0.2) is 28.6 Å². The number of rotatable bonds is 6. The van der Waals surface area contributed by atoms with Crippen molar-refractivity contribution in [2.45, 2.75) is 52.9 Å². The molecule has 0 unspecified atom stereocenters. The fraction of sp³-hybridized carbons (Fsp3) is 0.500. The van der Waals surface area contributed by atoms with Crippen LogP contribution in [0.5, 0.6) is 0 Å². The van der Waals surface area contributed by atoms with E-state index in [1.54, 1.807) is 0 Å². The van der Waals surface area contributed by atoms with Gasteiger partial charge in [-0.3, -0.25) is 9.59 Å². The molecule has 6 nitrogen and oxygen atoms in total. The molecule has 144 valence electrons. The summed E-state index contributed by atoms with van der Waals surface area (Å²) in [4.78, 5) is 26.6. The second-order valence-corrected chi connectivity index (χ2v) is 8.21. The predicted octanol–water partition coefficient (Wildman–Crippen LogP) is 4.05.